The van der Waals surface area contributed by atoms with Gasteiger partial charge in [-0.1, -0.05) is 129 Å². The fourth-order valence-electron chi connectivity index (χ4n) is 4.31. The van der Waals surface area contributed by atoms with Gasteiger partial charge in [-0.15, -0.1) is 0 Å². The van der Waals surface area contributed by atoms with E-state index in [9.17, 15) is 9.69 Å². The Balaban J connectivity index is 3.56. The number of unbranched alkanes of at least 4 members (excludes halogenated alkanes) is 18. The third-order valence-electron chi connectivity index (χ3n) is 6.64. The van der Waals surface area contributed by atoms with Gasteiger partial charge in [-0.3, -0.25) is 4.79 Å². The van der Waals surface area contributed by atoms with Crippen LogP contribution in [-0.2, 0) is 18.6 Å². The van der Waals surface area contributed by atoms with E-state index < -0.39 is 8.60 Å². The smallest absolute Gasteiger partial charge is 0.330 e. The number of rotatable bonds is 29. The fraction of sp³-hybridized carbons (Fsp3) is 0.966. The largest absolute Gasteiger partial charge is 0.460 e. The molecule has 0 aliphatic carbocycles. The van der Waals surface area contributed by atoms with Crippen LogP contribution < -0.4 is 5.32 Å². The average Bonchev–Trinajstić information content (AvgIpc) is 2.88. The minimum absolute atomic E-state index is 0.187. The van der Waals surface area contributed by atoms with Crippen molar-refractivity contribution in [2.45, 2.75) is 155 Å². The summed E-state index contributed by atoms with van der Waals surface area (Å²) in [6, 6.07) is 0. The summed E-state index contributed by atoms with van der Waals surface area (Å²) in [7, 11) is -0.103. The molecule has 0 rings (SSSR count). The minimum atomic E-state index is -1.93. The standard InChI is InChI=1S/C29H60NO5P/c1-4-6-7-8-9-10-11-12-13-14-15-16-17-18-19-20-21-22-23-24-28(35-29(31)5-2)27-34-36(32)33-26-25-30-3/h28,30,32H,4-27H2,1-3H3. The molecule has 0 aromatic rings. The number of hydrogen-bond donors (Lipinski definition) is 2. The van der Waals surface area contributed by atoms with Crippen molar-refractivity contribution < 1.29 is 23.5 Å². The first-order valence-electron chi connectivity index (χ1n) is 15.2. The third kappa shape index (κ3) is 26.8. The molecule has 2 atom stereocenters. The van der Waals surface area contributed by atoms with E-state index in [1.807, 2.05) is 7.05 Å². The summed E-state index contributed by atoms with van der Waals surface area (Å²) in [5.41, 5.74) is 0. The zero-order valence-corrected chi connectivity index (χ0v) is 25.0. The predicted octanol–water partition coefficient (Wildman–Crippen LogP) is 8.60. The van der Waals surface area contributed by atoms with Crippen molar-refractivity contribution in [3.63, 3.8) is 0 Å². The van der Waals surface area contributed by atoms with Crippen LogP contribution >= 0.6 is 8.60 Å². The summed E-state index contributed by atoms with van der Waals surface area (Å²) in [6.45, 7) is 5.30. The Kier molecular flexibility index (Phi) is 29.1. The minimum Gasteiger partial charge on any atom is -0.460 e. The van der Waals surface area contributed by atoms with Crippen molar-refractivity contribution in [2.75, 3.05) is 26.8 Å². The van der Waals surface area contributed by atoms with Gasteiger partial charge in [-0.2, -0.15) is 0 Å². The molecule has 2 N–H and O–H groups in total. The van der Waals surface area contributed by atoms with Crippen LogP contribution in [0.3, 0.4) is 0 Å². The zero-order valence-electron chi connectivity index (χ0n) is 24.1. The van der Waals surface area contributed by atoms with E-state index in [4.69, 9.17) is 13.8 Å². The number of likely N-dealkylation sites (N-methyl/N-ethyl adjacent to an activating group) is 1. The second-order valence-corrected chi connectivity index (χ2v) is 11.1. The van der Waals surface area contributed by atoms with Gasteiger partial charge < -0.3 is 24.0 Å². The molecule has 0 saturated heterocycles. The highest BCUT2D eigenvalue weighted by Gasteiger charge is 2.17. The molecule has 0 spiro atoms. The summed E-state index contributed by atoms with van der Waals surface area (Å²) in [5, 5.41) is 2.95. The summed E-state index contributed by atoms with van der Waals surface area (Å²) >= 11 is 0. The molecule has 0 aromatic heterocycles. The van der Waals surface area contributed by atoms with Crippen LogP contribution in [0.15, 0.2) is 0 Å². The Morgan fingerprint density at radius 2 is 1.17 bits per heavy atom. The summed E-state index contributed by atoms with van der Waals surface area (Å²) in [5.74, 6) is -0.222. The van der Waals surface area contributed by atoms with Gasteiger partial charge in [-0.25, -0.2) is 0 Å². The first kappa shape index (κ1) is 35.7. The van der Waals surface area contributed by atoms with E-state index >= 15 is 0 Å². The molecule has 0 radical (unpaired) electrons. The number of carbonyl (C=O) groups is 1. The van der Waals surface area contributed by atoms with Crippen LogP contribution in [0.4, 0.5) is 0 Å². The molecule has 0 heterocycles. The Bertz CT molecular complexity index is 455. The highest BCUT2D eigenvalue weighted by Crippen LogP contribution is 2.33. The highest BCUT2D eigenvalue weighted by molar-refractivity contribution is 7.40. The van der Waals surface area contributed by atoms with Gasteiger partial charge in [0.2, 0.25) is 0 Å². The van der Waals surface area contributed by atoms with Crippen molar-refractivity contribution in [1.29, 1.82) is 0 Å². The maximum atomic E-state index is 11.7. The van der Waals surface area contributed by atoms with Crippen LogP contribution in [0, 0.1) is 0 Å². The quantitative estimate of drug-likeness (QED) is 0.0569. The number of carbonyl (C=O) groups excluding carboxylic acids is 1. The molecule has 216 valence electrons. The molecule has 0 aromatic carbocycles. The number of hydrogen-bond acceptors (Lipinski definition) is 6. The molecule has 0 aliphatic rings. The predicted molar refractivity (Wildman–Crippen MR) is 153 cm³/mol. The Hall–Kier alpha value is -0.260. The molecular weight excluding hydrogens is 473 g/mol. The SMILES string of the molecule is CCCCCCCCCCCCCCCCCCCCCC(COP(O)OCCNC)OC(=O)CC. The van der Waals surface area contributed by atoms with Crippen molar-refractivity contribution in [3.8, 4) is 0 Å². The van der Waals surface area contributed by atoms with Crippen LogP contribution in [-0.4, -0.2) is 43.8 Å². The lowest BCUT2D eigenvalue weighted by molar-refractivity contribution is -0.150. The average molecular weight is 534 g/mol. The molecular formula is C29H60NO5P. The van der Waals surface area contributed by atoms with Crippen molar-refractivity contribution in [3.05, 3.63) is 0 Å². The van der Waals surface area contributed by atoms with Gasteiger partial charge in [0.25, 0.3) is 0 Å². The van der Waals surface area contributed by atoms with Crippen molar-refractivity contribution in [2.24, 2.45) is 0 Å². The van der Waals surface area contributed by atoms with Crippen molar-refractivity contribution in [1.82, 2.24) is 5.32 Å². The molecule has 0 fully saturated rings. The Labute approximate surface area is 225 Å². The van der Waals surface area contributed by atoms with E-state index in [-0.39, 0.29) is 18.7 Å². The van der Waals surface area contributed by atoms with Gasteiger partial charge in [-0.05, 0) is 19.9 Å². The summed E-state index contributed by atoms with van der Waals surface area (Å²) in [6.07, 6.45) is 26.6. The van der Waals surface area contributed by atoms with Gasteiger partial charge in [0.05, 0.1) is 13.2 Å². The first-order valence-corrected chi connectivity index (χ1v) is 16.4. The number of esters is 1. The number of ether oxygens (including phenoxy) is 1. The number of nitrogens with one attached hydrogen (secondary N) is 1. The maximum Gasteiger partial charge on any atom is 0.330 e. The van der Waals surface area contributed by atoms with Gasteiger partial charge in [0.1, 0.15) is 6.10 Å². The summed E-state index contributed by atoms with van der Waals surface area (Å²) in [4.78, 5) is 21.5. The van der Waals surface area contributed by atoms with Gasteiger partial charge in [0, 0.05) is 13.0 Å². The third-order valence-corrected chi connectivity index (χ3v) is 7.41. The van der Waals surface area contributed by atoms with Gasteiger partial charge in [0.15, 0.2) is 0 Å². The highest BCUT2D eigenvalue weighted by atomic mass is 31.2. The lowest BCUT2D eigenvalue weighted by Gasteiger charge is -2.19. The zero-order chi connectivity index (χ0) is 26.5. The lowest BCUT2D eigenvalue weighted by Crippen LogP contribution is -2.23. The molecule has 0 saturated carbocycles. The maximum absolute atomic E-state index is 11.7. The molecule has 36 heavy (non-hydrogen) atoms. The lowest BCUT2D eigenvalue weighted by atomic mass is 10.0. The van der Waals surface area contributed by atoms with Crippen molar-refractivity contribution >= 4 is 14.6 Å². The monoisotopic (exact) mass is 533 g/mol. The molecule has 0 aliphatic heterocycles. The van der Waals surface area contributed by atoms with E-state index in [2.05, 4.69) is 12.2 Å². The Morgan fingerprint density at radius 1 is 0.722 bits per heavy atom. The molecule has 2 unspecified atom stereocenters. The topological polar surface area (TPSA) is 77.0 Å². The van der Waals surface area contributed by atoms with Crippen LogP contribution in [0.25, 0.3) is 0 Å². The van der Waals surface area contributed by atoms with E-state index in [1.165, 1.54) is 109 Å². The van der Waals surface area contributed by atoms with Gasteiger partial charge >= 0.3 is 14.6 Å². The van der Waals surface area contributed by atoms with E-state index in [0.717, 1.165) is 19.3 Å². The normalized spacial score (nSPS) is 13.1. The second-order valence-electron chi connectivity index (χ2n) is 10.1. The van der Waals surface area contributed by atoms with E-state index in [1.54, 1.807) is 6.92 Å². The molecule has 7 heteroatoms. The first-order chi connectivity index (χ1) is 17.6. The van der Waals surface area contributed by atoms with Crippen LogP contribution in [0.5, 0.6) is 0 Å². The molecule has 0 bridgehead atoms. The Morgan fingerprint density at radius 3 is 1.58 bits per heavy atom. The second kappa shape index (κ2) is 29.3. The van der Waals surface area contributed by atoms with Crippen LogP contribution in [0.1, 0.15) is 149 Å². The molecule has 6 nitrogen and oxygen atoms in total. The van der Waals surface area contributed by atoms with Crippen LogP contribution in [0.2, 0.25) is 0 Å². The molecule has 0 amide bonds. The fourth-order valence-corrected chi connectivity index (χ4v) is 4.92. The van der Waals surface area contributed by atoms with E-state index in [0.29, 0.717) is 19.6 Å². The summed E-state index contributed by atoms with van der Waals surface area (Å²) < 4.78 is 16.1.